The fourth-order valence-corrected chi connectivity index (χ4v) is 3.89. The maximum absolute atomic E-state index is 14.3. The number of hydrogen-bond acceptors (Lipinski definition) is 3. The Hall–Kier alpha value is -3.55. The Labute approximate surface area is 151 Å². The highest BCUT2D eigenvalue weighted by Crippen LogP contribution is 2.50. The van der Waals surface area contributed by atoms with Gasteiger partial charge in [-0.2, -0.15) is 5.10 Å². The molecule has 27 heavy (non-hydrogen) atoms. The van der Waals surface area contributed by atoms with Gasteiger partial charge in [-0.05, 0) is 23.8 Å². The minimum Gasteiger partial charge on any atom is -0.325 e. The van der Waals surface area contributed by atoms with Crippen LogP contribution in [0.1, 0.15) is 17.5 Å². The van der Waals surface area contributed by atoms with Gasteiger partial charge in [0.05, 0.1) is 6.20 Å². The van der Waals surface area contributed by atoms with E-state index < -0.39 is 23.0 Å². The topological polar surface area (TPSA) is 76.0 Å². The molecule has 0 fully saturated rings. The van der Waals surface area contributed by atoms with Crippen molar-refractivity contribution in [1.82, 2.24) is 9.78 Å². The fourth-order valence-electron chi connectivity index (χ4n) is 3.89. The van der Waals surface area contributed by atoms with Crippen LogP contribution in [-0.2, 0) is 15.0 Å². The highest BCUT2D eigenvalue weighted by molar-refractivity contribution is 6.14. The average Bonchev–Trinajstić information content (AvgIpc) is 3.16. The maximum atomic E-state index is 14.3. The van der Waals surface area contributed by atoms with Gasteiger partial charge in [0, 0.05) is 23.7 Å². The van der Waals surface area contributed by atoms with Crippen LogP contribution in [0, 0.1) is 11.6 Å². The molecule has 0 saturated carbocycles. The molecule has 1 atom stereocenters. The zero-order chi connectivity index (χ0) is 18.8. The monoisotopic (exact) mass is 366 g/mol. The zero-order valence-electron chi connectivity index (χ0n) is 13.8. The zero-order valence-corrected chi connectivity index (χ0v) is 13.8. The summed E-state index contributed by atoms with van der Waals surface area (Å²) < 4.78 is 28.7. The van der Waals surface area contributed by atoms with E-state index in [-0.39, 0.29) is 23.8 Å². The third-order valence-corrected chi connectivity index (χ3v) is 5.07. The molecule has 0 unspecified atom stereocenters. The van der Waals surface area contributed by atoms with E-state index >= 15 is 0 Å². The molecule has 2 aromatic carbocycles. The number of carbonyl (C=O) groups excluding carboxylic acids is 2. The van der Waals surface area contributed by atoms with Gasteiger partial charge in [0.15, 0.2) is 5.82 Å². The van der Waals surface area contributed by atoms with Crippen LogP contribution in [0.2, 0.25) is 0 Å². The van der Waals surface area contributed by atoms with Gasteiger partial charge in [-0.3, -0.25) is 9.59 Å². The molecule has 5 rings (SSSR count). The summed E-state index contributed by atoms with van der Waals surface area (Å²) in [6.45, 7) is 0. The van der Waals surface area contributed by atoms with Crippen LogP contribution >= 0.6 is 0 Å². The van der Waals surface area contributed by atoms with E-state index in [0.717, 1.165) is 12.1 Å². The number of para-hydroxylation sites is 1. The number of aromatic nitrogens is 2. The SMILES string of the molecule is O=C1C[C@]2(C(=O)Nc3ccccc32)c2cnn(-c3ccc(F)cc3F)c2N1. The first-order valence-electron chi connectivity index (χ1n) is 8.25. The molecule has 134 valence electrons. The summed E-state index contributed by atoms with van der Waals surface area (Å²) in [5, 5.41) is 9.66. The molecule has 0 saturated heterocycles. The van der Waals surface area contributed by atoms with Gasteiger partial charge in [0.1, 0.15) is 22.7 Å². The summed E-state index contributed by atoms with van der Waals surface area (Å²) in [6.07, 6.45) is 1.36. The van der Waals surface area contributed by atoms with E-state index in [9.17, 15) is 18.4 Å². The standard InChI is InChI=1S/C19H12F2N4O2/c20-10-5-6-15(13(21)7-10)25-17-12(9-22-25)19(8-16(26)24-17)11-3-1-2-4-14(11)23-18(19)27/h1-7,9H,8H2,(H,23,27)(H,24,26)/t19-/m1/s1. The van der Waals surface area contributed by atoms with E-state index in [0.29, 0.717) is 16.8 Å². The minimum atomic E-state index is -1.23. The van der Waals surface area contributed by atoms with Crippen molar-refractivity contribution in [1.29, 1.82) is 0 Å². The Bertz CT molecular complexity index is 1140. The fraction of sp³-hybridized carbons (Fsp3) is 0.105. The Morgan fingerprint density at radius 3 is 2.67 bits per heavy atom. The van der Waals surface area contributed by atoms with E-state index in [4.69, 9.17) is 0 Å². The molecule has 0 radical (unpaired) electrons. The molecule has 3 heterocycles. The van der Waals surface area contributed by atoms with Crippen molar-refractivity contribution in [2.24, 2.45) is 0 Å². The maximum Gasteiger partial charge on any atom is 0.240 e. The molecule has 8 heteroatoms. The number of hydrogen-bond donors (Lipinski definition) is 2. The van der Waals surface area contributed by atoms with Gasteiger partial charge < -0.3 is 10.6 Å². The van der Waals surface area contributed by atoms with Crippen LogP contribution in [0.15, 0.2) is 48.7 Å². The molecule has 6 nitrogen and oxygen atoms in total. The lowest BCUT2D eigenvalue weighted by Crippen LogP contribution is -2.43. The number of benzene rings is 2. The second-order valence-corrected chi connectivity index (χ2v) is 6.54. The number of nitrogens with zero attached hydrogens (tertiary/aromatic N) is 2. The van der Waals surface area contributed by atoms with E-state index in [2.05, 4.69) is 15.7 Å². The van der Waals surface area contributed by atoms with Gasteiger partial charge in [0.2, 0.25) is 11.8 Å². The van der Waals surface area contributed by atoms with Gasteiger partial charge in [0.25, 0.3) is 0 Å². The molecular weight excluding hydrogens is 354 g/mol. The third kappa shape index (κ3) is 2.00. The van der Waals surface area contributed by atoms with Crippen molar-refractivity contribution in [2.45, 2.75) is 11.8 Å². The van der Waals surface area contributed by atoms with Gasteiger partial charge in [-0.25, -0.2) is 13.5 Å². The van der Waals surface area contributed by atoms with Crippen molar-refractivity contribution < 1.29 is 18.4 Å². The number of rotatable bonds is 1. The van der Waals surface area contributed by atoms with Crippen molar-refractivity contribution in [3.8, 4) is 5.69 Å². The molecule has 2 aliphatic heterocycles. The number of nitrogens with one attached hydrogen (secondary N) is 2. The number of halogens is 2. The highest BCUT2D eigenvalue weighted by Gasteiger charge is 2.54. The summed E-state index contributed by atoms with van der Waals surface area (Å²) in [5.74, 6) is -2.07. The molecular formula is C19H12F2N4O2. The summed E-state index contributed by atoms with van der Waals surface area (Å²) in [7, 11) is 0. The largest absolute Gasteiger partial charge is 0.325 e. The minimum absolute atomic E-state index is 0.0262. The van der Waals surface area contributed by atoms with Gasteiger partial charge in [-0.15, -0.1) is 0 Å². The van der Waals surface area contributed by atoms with Crippen molar-refractivity contribution in [3.05, 3.63) is 71.4 Å². The first-order valence-corrected chi connectivity index (χ1v) is 8.25. The average molecular weight is 366 g/mol. The predicted molar refractivity (Wildman–Crippen MR) is 92.6 cm³/mol. The number of fused-ring (bicyclic) bond motifs is 4. The van der Waals surface area contributed by atoms with Crippen molar-refractivity contribution in [3.63, 3.8) is 0 Å². The van der Waals surface area contributed by atoms with Crippen molar-refractivity contribution >= 4 is 23.3 Å². The lowest BCUT2D eigenvalue weighted by molar-refractivity contribution is -0.125. The number of amides is 2. The van der Waals surface area contributed by atoms with Crippen LogP contribution < -0.4 is 10.6 Å². The summed E-state index contributed by atoms with van der Waals surface area (Å²) >= 11 is 0. The molecule has 0 bridgehead atoms. The van der Waals surface area contributed by atoms with Crippen LogP contribution in [-0.4, -0.2) is 21.6 Å². The Morgan fingerprint density at radius 2 is 1.85 bits per heavy atom. The summed E-state index contributed by atoms with van der Waals surface area (Å²) in [6, 6.07) is 10.2. The van der Waals surface area contributed by atoms with E-state index in [1.807, 2.05) is 0 Å². The molecule has 1 aromatic heterocycles. The molecule has 2 N–H and O–H groups in total. The first kappa shape index (κ1) is 15.7. The number of anilines is 2. The normalized spacial score (nSPS) is 20.2. The van der Waals surface area contributed by atoms with Crippen molar-refractivity contribution in [2.75, 3.05) is 10.6 Å². The van der Waals surface area contributed by atoms with Crippen LogP contribution in [0.4, 0.5) is 20.3 Å². The molecule has 2 aliphatic rings. The lowest BCUT2D eigenvalue weighted by Gasteiger charge is -2.31. The number of carbonyl (C=O) groups is 2. The Kier molecular flexibility index (Phi) is 3.04. The van der Waals surface area contributed by atoms with Crippen LogP contribution in [0.5, 0.6) is 0 Å². The van der Waals surface area contributed by atoms with Gasteiger partial charge >= 0.3 is 0 Å². The lowest BCUT2D eigenvalue weighted by atomic mass is 9.72. The van der Waals surface area contributed by atoms with Gasteiger partial charge in [-0.1, -0.05) is 18.2 Å². The van der Waals surface area contributed by atoms with Crippen LogP contribution in [0.25, 0.3) is 5.69 Å². The smallest absolute Gasteiger partial charge is 0.240 e. The second-order valence-electron chi connectivity index (χ2n) is 6.54. The van der Waals surface area contributed by atoms with E-state index in [1.54, 1.807) is 24.3 Å². The molecule has 2 amide bonds. The van der Waals surface area contributed by atoms with E-state index in [1.165, 1.54) is 16.9 Å². The molecule has 3 aromatic rings. The summed E-state index contributed by atoms with van der Waals surface area (Å²) in [4.78, 5) is 25.4. The Balaban J connectivity index is 1.77. The quantitative estimate of drug-likeness (QED) is 0.695. The predicted octanol–water partition coefficient (Wildman–Crippen LogP) is 2.73. The van der Waals surface area contributed by atoms with Crippen LogP contribution in [0.3, 0.4) is 0 Å². The molecule has 1 spiro atoms. The molecule has 0 aliphatic carbocycles. The highest BCUT2D eigenvalue weighted by atomic mass is 19.1. The summed E-state index contributed by atoms with van der Waals surface area (Å²) in [5.41, 5.74) is 0.507. The first-order chi connectivity index (χ1) is 13.0. The Morgan fingerprint density at radius 1 is 1.04 bits per heavy atom. The second kappa shape index (κ2) is 5.23. The third-order valence-electron chi connectivity index (χ3n) is 5.07.